The van der Waals surface area contributed by atoms with Crippen LogP contribution in [0.2, 0.25) is 0 Å². The Labute approximate surface area is 95.0 Å². The number of hydrogen-bond acceptors (Lipinski definition) is 4. The summed E-state index contributed by atoms with van der Waals surface area (Å²) in [4.78, 5) is 0. The van der Waals surface area contributed by atoms with Gasteiger partial charge in [0.25, 0.3) is 0 Å². The third-order valence-corrected chi connectivity index (χ3v) is 4.60. The van der Waals surface area contributed by atoms with Gasteiger partial charge in [-0.2, -0.15) is 11.3 Å². The molecule has 0 aliphatic carbocycles. The highest BCUT2D eigenvalue weighted by Crippen LogP contribution is 2.10. The van der Waals surface area contributed by atoms with Gasteiger partial charge < -0.3 is 5.32 Å². The van der Waals surface area contributed by atoms with Gasteiger partial charge in [0.15, 0.2) is 0 Å². The maximum Gasteiger partial charge on any atom is 0.215 e. The van der Waals surface area contributed by atoms with E-state index in [1.54, 1.807) is 25.4 Å². The molecule has 0 spiro atoms. The van der Waals surface area contributed by atoms with Crippen molar-refractivity contribution in [2.45, 2.75) is 6.54 Å². The molecule has 6 heteroatoms. The second kappa shape index (κ2) is 5.60. The summed E-state index contributed by atoms with van der Waals surface area (Å²) in [7, 11) is 0.235. The molecule has 0 fully saturated rings. The zero-order valence-corrected chi connectivity index (χ0v) is 10.6. The van der Waals surface area contributed by atoms with Crippen molar-refractivity contribution in [1.29, 1.82) is 0 Å². The first-order valence-corrected chi connectivity index (χ1v) is 7.21. The number of nitrogens with zero attached hydrogens (tertiary/aromatic N) is 1. The van der Waals surface area contributed by atoms with E-state index < -0.39 is 10.0 Å². The average molecular weight is 248 g/mol. The van der Waals surface area contributed by atoms with E-state index in [-0.39, 0.29) is 5.75 Å². The van der Waals surface area contributed by atoms with Gasteiger partial charge in [-0.15, -0.1) is 0 Å². The van der Waals surface area contributed by atoms with E-state index in [4.69, 9.17) is 0 Å². The van der Waals surface area contributed by atoms with E-state index in [1.807, 2.05) is 16.8 Å². The molecule has 1 aromatic rings. The molecule has 0 aliphatic rings. The molecule has 86 valence electrons. The van der Waals surface area contributed by atoms with Crippen molar-refractivity contribution >= 4 is 21.4 Å². The minimum Gasteiger partial charge on any atom is -0.319 e. The second-order valence-corrected chi connectivity index (χ2v) is 6.28. The summed E-state index contributed by atoms with van der Waals surface area (Å²) in [5.41, 5.74) is 1.04. The highest BCUT2D eigenvalue weighted by Gasteiger charge is 2.17. The van der Waals surface area contributed by atoms with E-state index in [1.165, 1.54) is 4.31 Å². The van der Waals surface area contributed by atoms with Crippen molar-refractivity contribution in [3.05, 3.63) is 22.4 Å². The van der Waals surface area contributed by atoms with Crippen LogP contribution in [-0.2, 0) is 16.6 Å². The standard InChI is InChI=1S/C9H16N2O2S2/c1-10-4-6-15(12,13)11(2)7-9-3-5-14-8-9/h3,5,8,10H,4,6-7H2,1-2H3. The topological polar surface area (TPSA) is 49.4 Å². The first-order chi connectivity index (χ1) is 7.06. The van der Waals surface area contributed by atoms with Crippen LogP contribution in [0.1, 0.15) is 5.56 Å². The van der Waals surface area contributed by atoms with Crippen LogP contribution < -0.4 is 5.32 Å². The van der Waals surface area contributed by atoms with Crippen molar-refractivity contribution < 1.29 is 8.42 Å². The lowest BCUT2D eigenvalue weighted by Crippen LogP contribution is -2.32. The molecule has 0 saturated carbocycles. The van der Waals surface area contributed by atoms with Crippen LogP contribution in [0.4, 0.5) is 0 Å². The molecule has 0 bridgehead atoms. The van der Waals surface area contributed by atoms with Crippen LogP contribution in [0, 0.1) is 0 Å². The minimum atomic E-state index is -3.12. The smallest absolute Gasteiger partial charge is 0.215 e. The number of rotatable bonds is 6. The summed E-state index contributed by atoms with van der Waals surface area (Å²) in [5.74, 6) is 0.143. The molecule has 1 rings (SSSR count). The molecule has 4 nitrogen and oxygen atoms in total. The summed E-state index contributed by atoms with van der Waals surface area (Å²) in [5, 5.41) is 6.74. The van der Waals surface area contributed by atoms with Gasteiger partial charge in [0.2, 0.25) is 10.0 Å². The van der Waals surface area contributed by atoms with Crippen molar-refractivity contribution in [3.63, 3.8) is 0 Å². The highest BCUT2D eigenvalue weighted by atomic mass is 32.2. The second-order valence-electron chi connectivity index (χ2n) is 3.31. The van der Waals surface area contributed by atoms with Gasteiger partial charge in [-0.3, -0.25) is 0 Å². The first kappa shape index (κ1) is 12.6. The van der Waals surface area contributed by atoms with Crippen LogP contribution in [0.5, 0.6) is 0 Å². The molecular formula is C9H16N2O2S2. The lowest BCUT2D eigenvalue weighted by molar-refractivity contribution is 0.466. The van der Waals surface area contributed by atoms with E-state index in [9.17, 15) is 8.42 Å². The van der Waals surface area contributed by atoms with Crippen LogP contribution in [0.3, 0.4) is 0 Å². The Morgan fingerprint density at radius 3 is 2.80 bits per heavy atom. The molecule has 0 amide bonds. The largest absolute Gasteiger partial charge is 0.319 e. The lowest BCUT2D eigenvalue weighted by Gasteiger charge is -2.16. The normalized spacial score (nSPS) is 12.2. The number of hydrogen-bond donors (Lipinski definition) is 1. The Bertz CT molecular complexity index is 373. The van der Waals surface area contributed by atoms with Crippen molar-refractivity contribution in [3.8, 4) is 0 Å². The van der Waals surface area contributed by atoms with E-state index in [0.717, 1.165) is 5.56 Å². The fourth-order valence-electron chi connectivity index (χ4n) is 1.12. The van der Waals surface area contributed by atoms with Gasteiger partial charge in [-0.1, -0.05) is 0 Å². The van der Waals surface area contributed by atoms with Gasteiger partial charge in [-0.25, -0.2) is 12.7 Å². The quantitative estimate of drug-likeness (QED) is 0.807. The van der Waals surface area contributed by atoms with Crippen molar-refractivity contribution in [1.82, 2.24) is 9.62 Å². The molecule has 1 heterocycles. The molecule has 1 N–H and O–H groups in total. The van der Waals surface area contributed by atoms with Crippen molar-refractivity contribution in [2.75, 3.05) is 26.4 Å². The van der Waals surface area contributed by atoms with Crippen LogP contribution in [0.25, 0.3) is 0 Å². The summed E-state index contributed by atoms with van der Waals surface area (Å²) in [6, 6.07) is 1.94. The number of sulfonamides is 1. The molecule has 15 heavy (non-hydrogen) atoms. The predicted molar refractivity (Wildman–Crippen MR) is 63.5 cm³/mol. The molecule has 0 aromatic carbocycles. The summed E-state index contributed by atoms with van der Waals surface area (Å²) < 4.78 is 24.8. The zero-order valence-electron chi connectivity index (χ0n) is 8.93. The molecule has 0 saturated heterocycles. The summed E-state index contributed by atoms with van der Waals surface area (Å²) in [6.45, 7) is 0.936. The van der Waals surface area contributed by atoms with E-state index in [0.29, 0.717) is 13.1 Å². The predicted octanol–water partition coefficient (Wildman–Crippen LogP) is 0.729. The Morgan fingerprint density at radius 2 is 2.27 bits per heavy atom. The maximum atomic E-state index is 11.7. The fraction of sp³-hybridized carbons (Fsp3) is 0.556. The molecule has 0 aliphatic heterocycles. The first-order valence-electron chi connectivity index (χ1n) is 4.66. The molecule has 0 atom stereocenters. The SMILES string of the molecule is CNCCS(=O)(=O)N(C)Cc1ccsc1. The number of nitrogens with one attached hydrogen (secondary N) is 1. The van der Waals surface area contributed by atoms with Crippen LogP contribution in [0.15, 0.2) is 16.8 Å². The Morgan fingerprint density at radius 1 is 1.53 bits per heavy atom. The Hall–Kier alpha value is -0.430. The third-order valence-electron chi connectivity index (χ3n) is 2.07. The van der Waals surface area contributed by atoms with Crippen LogP contribution in [-0.4, -0.2) is 39.1 Å². The molecular weight excluding hydrogens is 232 g/mol. The van der Waals surface area contributed by atoms with Gasteiger partial charge >= 0.3 is 0 Å². The molecule has 0 radical (unpaired) electrons. The fourth-order valence-corrected chi connectivity index (χ4v) is 2.90. The molecule has 1 aromatic heterocycles. The van der Waals surface area contributed by atoms with Gasteiger partial charge in [0, 0.05) is 20.1 Å². The average Bonchev–Trinajstić information content (AvgIpc) is 2.67. The Kier molecular flexibility index (Phi) is 4.72. The zero-order chi connectivity index (χ0) is 11.3. The monoisotopic (exact) mass is 248 g/mol. The lowest BCUT2D eigenvalue weighted by atomic mass is 10.3. The number of thiophene rings is 1. The Balaban J connectivity index is 2.56. The minimum absolute atomic E-state index is 0.143. The van der Waals surface area contributed by atoms with Gasteiger partial charge in [0.1, 0.15) is 0 Å². The maximum absolute atomic E-state index is 11.7. The van der Waals surface area contributed by atoms with Gasteiger partial charge in [-0.05, 0) is 29.4 Å². The molecule has 0 unspecified atom stereocenters. The van der Waals surface area contributed by atoms with Gasteiger partial charge in [0.05, 0.1) is 5.75 Å². The highest BCUT2D eigenvalue weighted by molar-refractivity contribution is 7.89. The van der Waals surface area contributed by atoms with E-state index in [2.05, 4.69) is 5.32 Å². The van der Waals surface area contributed by atoms with E-state index >= 15 is 0 Å². The van der Waals surface area contributed by atoms with Crippen LogP contribution >= 0.6 is 11.3 Å². The third kappa shape index (κ3) is 3.90. The summed E-state index contributed by atoms with van der Waals surface area (Å²) in [6.07, 6.45) is 0. The summed E-state index contributed by atoms with van der Waals surface area (Å²) >= 11 is 1.58. The van der Waals surface area contributed by atoms with Crippen molar-refractivity contribution in [2.24, 2.45) is 0 Å².